The first-order valence-electron chi connectivity index (χ1n) is 5.94. The minimum absolute atomic E-state index is 0.0500. The maximum Gasteiger partial charge on any atom is 0.240 e. The number of nitrogens with one attached hydrogen (secondary N) is 1. The molecule has 0 unspecified atom stereocenters. The lowest BCUT2D eigenvalue weighted by molar-refractivity contribution is -0.00475. The van der Waals surface area contributed by atoms with Crippen molar-refractivity contribution >= 4 is 10.0 Å². The van der Waals surface area contributed by atoms with Crippen LogP contribution in [0.5, 0.6) is 5.75 Å². The minimum atomic E-state index is -3.49. The van der Waals surface area contributed by atoms with Crippen LogP contribution < -0.4 is 4.72 Å². The molecule has 1 saturated carbocycles. The molecule has 1 aromatic carbocycles. The summed E-state index contributed by atoms with van der Waals surface area (Å²) in [7, 11) is -3.49. The van der Waals surface area contributed by atoms with Gasteiger partial charge < -0.3 is 9.84 Å². The molecule has 0 atom stereocenters. The third-order valence-electron chi connectivity index (χ3n) is 2.97. The van der Waals surface area contributed by atoms with E-state index >= 15 is 0 Å². The molecule has 5 nitrogen and oxygen atoms in total. The number of sulfonamides is 1. The molecule has 0 amide bonds. The zero-order chi connectivity index (χ0) is 13.2. The molecule has 18 heavy (non-hydrogen) atoms. The van der Waals surface area contributed by atoms with E-state index < -0.39 is 10.0 Å². The fourth-order valence-corrected chi connectivity index (χ4v) is 3.21. The Kier molecular flexibility index (Phi) is 3.89. The summed E-state index contributed by atoms with van der Waals surface area (Å²) < 4.78 is 32.0. The first-order chi connectivity index (χ1) is 8.51. The highest BCUT2D eigenvalue weighted by Crippen LogP contribution is 2.25. The van der Waals surface area contributed by atoms with Gasteiger partial charge in [0.2, 0.25) is 10.0 Å². The van der Waals surface area contributed by atoms with Gasteiger partial charge in [-0.2, -0.15) is 0 Å². The van der Waals surface area contributed by atoms with Crippen LogP contribution in [0.4, 0.5) is 0 Å². The first kappa shape index (κ1) is 13.3. The van der Waals surface area contributed by atoms with Gasteiger partial charge in [0.25, 0.3) is 0 Å². The van der Waals surface area contributed by atoms with E-state index in [0.29, 0.717) is 19.4 Å². The molecule has 0 bridgehead atoms. The topological polar surface area (TPSA) is 75.6 Å². The molecule has 1 aliphatic carbocycles. The fourth-order valence-electron chi connectivity index (χ4n) is 1.95. The molecule has 0 heterocycles. The molecule has 0 saturated heterocycles. The van der Waals surface area contributed by atoms with Gasteiger partial charge in [0.1, 0.15) is 5.75 Å². The van der Waals surface area contributed by atoms with Crippen LogP contribution in [0, 0.1) is 0 Å². The second-order valence-corrected chi connectivity index (χ2v) is 6.07. The van der Waals surface area contributed by atoms with E-state index in [9.17, 15) is 8.42 Å². The van der Waals surface area contributed by atoms with Gasteiger partial charge in [-0.05, 0) is 44.0 Å². The van der Waals surface area contributed by atoms with Crippen LogP contribution in [0.25, 0.3) is 0 Å². The highest BCUT2D eigenvalue weighted by Gasteiger charge is 2.33. The van der Waals surface area contributed by atoms with Gasteiger partial charge >= 0.3 is 0 Å². The number of benzene rings is 1. The van der Waals surface area contributed by atoms with Crippen LogP contribution in [0.2, 0.25) is 0 Å². The molecule has 6 heteroatoms. The van der Waals surface area contributed by atoms with Crippen molar-refractivity contribution in [2.45, 2.75) is 36.8 Å². The molecule has 2 rings (SSSR count). The smallest absolute Gasteiger partial charge is 0.240 e. The normalized spacial score (nSPS) is 23.6. The van der Waals surface area contributed by atoms with E-state index in [-0.39, 0.29) is 22.8 Å². The van der Waals surface area contributed by atoms with Crippen molar-refractivity contribution in [3.05, 3.63) is 24.3 Å². The van der Waals surface area contributed by atoms with Gasteiger partial charge in [-0.3, -0.25) is 0 Å². The van der Waals surface area contributed by atoms with Crippen LogP contribution >= 0.6 is 0 Å². The third kappa shape index (κ3) is 3.01. The summed E-state index contributed by atoms with van der Waals surface area (Å²) in [5.74, 6) is 0.0500. The Hall–Kier alpha value is -1.11. The Morgan fingerprint density at radius 3 is 2.50 bits per heavy atom. The van der Waals surface area contributed by atoms with Crippen LogP contribution in [0.3, 0.4) is 0 Å². The van der Waals surface area contributed by atoms with Crippen molar-refractivity contribution in [2.24, 2.45) is 0 Å². The number of phenolic OH excluding ortho intramolecular Hbond substituents is 1. The number of ether oxygens (including phenoxy) is 1. The maximum absolute atomic E-state index is 12.0. The summed E-state index contributed by atoms with van der Waals surface area (Å²) in [6.07, 6.45) is 1.60. The van der Waals surface area contributed by atoms with E-state index in [4.69, 9.17) is 9.84 Å². The van der Waals surface area contributed by atoms with Crippen LogP contribution in [0.1, 0.15) is 19.8 Å². The lowest BCUT2D eigenvalue weighted by atomic mass is 9.90. The Morgan fingerprint density at radius 1 is 1.33 bits per heavy atom. The van der Waals surface area contributed by atoms with Gasteiger partial charge in [-0.15, -0.1) is 0 Å². The number of aromatic hydroxyl groups is 1. The van der Waals surface area contributed by atoms with E-state index in [1.807, 2.05) is 6.92 Å². The lowest BCUT2D eigenvalue weighted by Crippen LogP contribution is -2.47. The Bertz CT molecular complexity index is 491. The zero-order valence-electron chi connectivity index (χ0n) is 10.2. The molecule has 0 spiro atoms. The van der Waals surface area contributed by atoms with Crippen LogP contribution in [-0.4, -0.2) is 32.3 Å². The molecule has 1 aromatic rings. The Morgan fingerprint density at radius 2 is 1.94 bits per heavy atom. The van der Waals surface area contributed by atoms with E-state index in [1.54, 1.807) is 0 Å². The molecule has 100 valence electrons. The third-order valence-corrected chi connectivity index (χ3v) is 4.50. The average molecular weight is 271 g/mol. The minimum Gasteiger partial charge on any atom is -0.508 e. The summed E-state index contributed by atoms with van der Waals surface area (Å²) in [6.45, 7) is 2.58. The monoisotopic (exact) mass is 271 g/mol. The molecule has 1 aliphatic rings. The fraction of sp³-hybridized carbons (Fsp3) is 0.500. The quantitative estimate of drug-likeness (QED) is 0.844. The summed E-state index contributed by atoms with van der Waals surface area (Å²) in [6, 6.07) is 5.43. The Balaban J connectivity index is 1.95. The first-order valence-corrected chi connectivity index (χ1v) is 7.42. The van der Waals surface area contributed by atoms with Gasteiger partial charge in [0.05, 0.1) is 11.0 Å². The van der Waals surface area contributed by atoms with Gasteiger partial charge in [-0.25, -0.2) is 13.1 Å². The SMILES string of the molecule is CCOC1CC(NS(=O)(=O)c2ccc(O)cc2)C1. The van der Waals surface area contributed by atoms with Gasteiger partial charge in [0, 0.05) is 12.6 Å². The second-order valence-electron chi connectivity index (χ2n) is 4.36. The molecular weight excluding hydrogens is 254 g/mol. The molecule has 0 aliphatic heterocycles. The summed E-state index contributed by atoms with van der Waals surface area (Å²) in [5.41, 5.74) is 0. The predicted molar refractivity (Wildman–Crippen MR) is 66.9 cm³/mol. The van der Waals surface area contributed by atoms with Crippen molar-refractivity contribution < 1.29 is 18.3 Å². The number of hydrogen-bond donors (Lipinski definition) is 2. The molecule has 2 N–H and O–H groups in total. The lowest BCUT2D eigenvalue weighted by Gasteiger charge is -2.35. The number of phenols is 1. The number of rotatable bonds is 5. The average Bonchev–Trinajstić information content (AvgIpc) is 2.27. The summed E-state index contributed by atoms with van der Waals surface area (Å²) in [5, 5.41) is 9.12. The highest BCUT2D eigenvalue weighted by molar-refractivity contribution is 7.89. The van der Waals surface area contributed by atoms with Crippen molar-refractivity contribution in [3.8, 4) is 5.75 Å². The maximum atomic E-state index is 12.0. The van der Waals surface area contributed by atoms with Crippen molar-refractivity contribution in [1.29, 1.82) is 0 Å². The van der Waals surface area contributed by atoms with Crippen molar-refractivity contribution in [3.63, 3.8) is 0 Å². The summed E-state index contributed by atoms with van der Waals surface area (Å²) >= 11 is 0. The van der Waals surface area contributed by atoms with Crippen LogP contribution in [0.15, 0.2) is 29.2 Å². The molecular formula is C12H17NO4S. The molecule has 1 fully saturated rings. The van der Waals surface area contributed by atoms with E-state index in [2.05, 4.69) is 4.72 Å². The van der Waals surface area contributed by atoms with Crippen molar-refractivity contribution in [1.82, 2.24) is 4.72 Å². The largest absolute Gasteiger partial charge is 0.508 e. The van der Waals surface area contributed by atoms with E-state index in [0.717, 1.165) is 0 Å². The van der Waals surface area contributed by atoms with Gasteiger partial charge in [-0.1, -0.05) is 0 Å². The van der Waals surface area contributed by atoms with Gasteiger partial charge in [0.15, 0.2) is 0 Å². The van der Waals surface area contributed by atoms with E-state index in [1.165, 1.54) is 24.3 Å². The predicted octanol–water partition coefficient (Wildman–Crippen LogP) is 1.24. The molecule has 0 radical (unpaired) electrons. The van der Waals surface area contributed by atoms with Crippen LogP contribution in [-0.2, 0) is 14.8 Å². The Labute approximate surface area is 107 Å². The summed E-state index contributed by atoms with van der Waals surface area (Å²) in [4.78, 5) is 0.167. The molecule has 0 aromatic heterocycles. The standard InChI is InChI=1S/C12H17NO4S/c1-2-17-11-7-9(8-11)13-18(15,16)12-5-3-10(14)4-6-12/h3-6,9,11,13-14H,2,7-8H2,1H3. The number of hydrogen-bond acceptors (Lipinski definition) is 4. The second kappa shape index (κ2) is 5.26. The zero-order valence-corrected chi connectivity index (χ0v) is 11.0. The van der Waals surface area contributed by atoms with Crippen molar-refractivity contribution in [2.75, 3.05) is 6.61 Å². The highest BCUT2D eigenvalue weighted by atomic mass is 32.2.